The molecular weight excluding hydrogens is 158 g/mol. The second-order valence-electron chi connectivity index (χ2n) is 2.95. The highest BCUT2D eigenvalue weighted by Gasteiger charge is 2.48. The molecule has 1 fully saturated rings. The fraction of sp³-hybridized carbons (Fsp3) is 0.750. The summed E-state index contributed by atoms with van der Waals surface area (Å²) in [6.45, 7) is 2.01. The molecule has 1 heterocycles. The molecule has 4 heteroatoms. The van der Waals surface area contributed by atoms with Crippen molar-refractivity contribution in [1.82, 2.24) is 0 Å². The number of epoxide rings is 1. The van der Waals surface area contributed by atoms with E-state index in [9.17, 15) is 9.59 Å². The number of rotatable bonds is 5. The molecule has 0 bridgehead atoms. The van der Waals surface area contributed by atoms with Crippen LogP contribution in [0, 0.1) is 0 Å². The Labute approximate surface area is 71.1 Å². The molecule has 0 aromatic carbocycles. The Hall–Kier alpha value is -0.900. The average molecular weight is 171 g/mol. The Morgan fingerprint density at radius 3 is 2.50 bits per heavy atom. The summed E-state index contributed by atoms with van der Waals surface area (Å²) in [6.07, 6.45) is 1.14. The summed E-state index contributed by atoms with van der Waals surface area (Å²) in [6, 6.07) is 0. The number of amides is 1. The molecule has 1 aliphatic rings. The maximum atomic E-state index is 11.1. The summed E-state index contributed by atoms with van der Waals surface area (Å²) in [5.74, 6) is -0.537. The van der Waals surface area contributed by atoms with Crippen molar-refractivity contribution in [2.75, 3.05) is 0 Å². The third-order valence-electron chi connectivity index (χ3n) is 1.87. The van der Waals surface area contributed by atoms with Gasteiger partial charge in [0.1, 0.15) is 0 Å². The van der Waals surface area contributed by atoms with Crippen molar-refractivity contribution in [3.63, 3.8) is 0 Å². The van der Waals surface area contributed by atoms with Crippen molar-refractivity contribution in [2.24, 2.45) is 5.73 Å². The number of ether oxygens (including phenoxy) is 1. The Bertz CT molecular complexity index is 202. The van der Waals surface area contributed by atoms with E-state index in [-0.39, 0.29) is 5.78 Å². The summed E-state index contributed by atoms with van der Waals surface area (Å²) in [7, 11) is 0. The van der Waals surface area contributed by atoms with Gasteiger partial charge in [0.15, 0.2) is 18.0 Å². The molecule has 0 aliphatic carbocycles. The van der Waals surface area contributed by atoms with Crippen molar-refractivity contribution >= 4 is 11.7 Å². The third-order valence-corrected chi connectivity index (χ3v) is 1.87. The molecule has 1 saturated heterocycles. The van der Waals surface area contributed by atoms with Crippen molar-refractivity contribution in [3.05, 3.63) is 0 Å². The van der Waals surface area contributed by atoms with Gasteiger partial charge in [-0.3, -0.25) is 9.59 Å². The summed E-state index contributed by atoms with van der Waals surface area (Å²) in [5, 5.41) is 0. The fourth-order valence-electron chi connectivity index (χ4n) is 1.07. The van der Waals surface area contributed by atoms with E-state index in [1.807, 2.05) is 6.92 Å². The van der Waals surface area contributed by atoms with Crippen LogP contribution in [0.2, 0.25) is 0 Å². The van der Waals surface area contributed by atoms with Gasteiger partial charge in [-0.15, -0.1) is 0 Å². The summed E-state index contributed by atoms with van der Waals surface area (Å²) >= 11 is 0. The van der Waals surface area contributed by atoms with Crippen LogP contribution in [0.4, 0.5) is 0 Å². The second kappa shape index (κ2) is 3.67. The van der Waals surface area contributed by atoms with Gasteiger partial charge in [-0.2, -0.15) is 0 Å². The molecule has 1 amide bonds. The van der Waals surface area contributed by atoms with E-state index in [0.29, 0.717) is 6.42 Å². The van der Waals surface area contributed by atoms with Crippen LogP contribution in [0.5, 0.6) is 0 Å². The highest BCUT2D eigenvalue weighted by Crippen LogP contribution is 2.24. The van der Waals surface area contributed by atoms with Gasteiger partial charge < -0.3 is 10.5 Å². The highest BCUT2D eigenvalue weighted by molar-refractivity contribution is 5.95. The number of carbonyl (C=O) groups excluding carboxylic acids is 2. The molecule has 68 valence electrons. The lowest BCUT2D eigenvalue weighted by Gasteiger charge is -1.92. The normalized spacial score (nSPS) is 26.8. The minimum atomic E-state index is -0.644. The molecule has 1 aliphatic heterocycles. The number of hydrogen-bond acceptors (Lipinski definition) is 3. The van der Waals surface area contributed by atoms with Crippen LogP contribution in [-0.2, 0) is 14.3 Å². The van der Waals surface area contributed by atoms with Gasteiger partial charge >= 0.3 is 0 Å². The van der Waals surface area contributed by atoms with Crippen molar-refractivity contribution < 1.29 is 14.3 Å². The minimum Gasteiger partial charge on any atom is -0.367 e. The lowest BCUT2D eigenvalue weighted by molar-refractivity contribution is -0.121. The summed E-state index contributed by atoms with van der Waals surface area (Å²) < 4.78 is 4.81. The molecule has 0 aromatic rings. The van der Waals surface area contributed by atoms with Crippen LogP contribution in [0.1, 0.15) is 26.2 Å². The van der Waals surface area contributed by atoms with E-state index in [4.69, 9.17) is 10.5 Å². The Balaban J connectivity index is 2.24. The van der Waals surface area contributed by atoms with Crippen LogP contribution in [-0.4, -0.2) is 23.9 Å². The molecule has 0 saturated carbocycles. The monoisotopic (exact) mass is 171 g/mol. The van der Waals surface area contributed by atoms with Crippen LogP contribution >= 0.6 is 0 Å². The van der Waals surface area contributed by atoms with Crippen LogP contribution in [0.15, 0.2) is 0 Å². The van der Waals surface area contributed by atoms with E-state index in [2.05, 4.69) is 0 Å². The van der Waals surface area contributed by atoms with Crippen LogP contribution in [0.3, 0.4) is 0 Å². The first-order valence-electron chi connectivity index (χ1n) is 4.14. The van der Waals surface area contributed by atoms with E-state index in [1.165, 1.54) is 0 Å². The van der Waals surface area contributed by atoms with Crippen molar-refractivity contribution in [1.29, 1.82) is 0 Å². The molecule has 0 spiro atoms. The number of hydrogen-bond donors (Lipinski definition) is 1. The Morgan fingerprint density at radius 1 is 1.42 bits per heavy atom. The molecule has 0 aromatic heterocycles. The smallest absolute Gasteiger partial charge is 0.249 e. The lowest BCUT2D eigenvalue weighted by Crippen LogP contribution is -2.22. The quantitative estimate of drug-likeness (QED) is 0.591. The second-order valence-corrected chi connectivity index (χ2v) is 2.95. The topological polar surface area (TPSA) is 72.7 Å². The van der Waals surface area contributed by atoms with Crippen LogP contribution < -0.4 is 5.73 Å². The Kier molecular flexibility index (Phi) is 2.81. The van der Waals surface area contributed by atoms with Crippen molar-refractivity contribution in [2.45, 2.75) is 38.4 Å². The van der Waals surface area contributed by atoms with Gasteiger partial charge in [-0.05, 0) is 6.42 Å². The lowest BCUT2D eigenvalue weighted by atomic mass is 10.1. The zero-order valence-electron chi connectivity index (χ0n) is 7.08. The summed E-state index contributed by atoms with van der Waals surface area (Å²) in [5.41, 5.74) is 4.94. The summed E-state index contributed by atoms with van der Waals surface area (Å²) in [4.78, 5) is 21.6. The molecule has 0 radical (unpaired) electrons. The maximum absolute atomic E-state index is 11.1. The first kappa shape index (κ1) is 9.19. The largest absolute Gasteiger partial charge is 0.367 e. The highest BCUT2D eigenvalue weighted by atomic mass is 16.6. The molecule has 1 rings (SSSR count). The van der Waals surface area contributed by atoms with Gasteiger partial charge in [0.2, 0.25) is 5.91 Å². The first-order chi connectivity index (χ1) is 5.66. The van der Waals surface area contributed by atoms with Gasteiger partial charge in [0.05, 0.1) is 0 Å². The van der Waals surface area contributed by atoms with E-state index in [1.54, 1.807) is 0 Å². The number of nitrogens with two attached hydrogens (primary N) is 1. The van der Waals surface area contributed by atoms with Gasteiger partial charge in [-0.1, -0.05) is 13.3 Å². The predicted molar refractivity (Wildman–Crippen MR) is 42.4 cm³/mol. The van der Waals surface area contributed by atoms with Gasteiger partial charge in [0, 0.05) is 6.42 Å². The molecule has 4 nitrogen and oxygen atoms in total. The van der Waals surface area contributed by atoms with Crippen LogP contribution in [0.25, 0.3) is 0 Å². The molecule has 12 heavy (non-hydrogen) atoms. The number of carbonyl (C=O) groups is 2. The zero-order valence-corrected chi connectivity index (χ0v) is 7.08. The molecule has 2 N–H and O–H groups in total. The average Bonchev–Trinajstić information content (AvgIpc) is 2.78. The SMILES string of the molecule is CCCCC(=O)[C@@H]1O[C@H]1C(N)=O. The first-order valence-corrected chi connectivity index (χ1v) is 4.14. The molecule has 0 unspecified atom stereocenters. The molecular formula is C8H13NO3. The fourth-order valence-corrected chi connectivity index (χ4v) is 1.07. The number of unbranched alkanes of at least 4 members (excludes halogenated alkanes) is 1. The predicted octanol–water partition coefficient (Wildman–Crippen LogP) is -0.00160. The third kappa shape index (κ3) is 2.04. The number of ketones is 1. The zero-order chi connectivity index (χ0) is 9.14. The standard InChI is InChI=1S/C8H13NO3/c1-2-3-4-5(10)6-7(12-6)8(9)11/h6-7H,2-4H2,1H3,(H2,9,11)/t6-,7+/m0/s1. The van der Waals surface area contributed by atoms with E-state index in [0.717, 1.165) is 12.8 Å². The Morgan fingerprint density at radius 2 is 2.08 bits per heavy atom. The van der Waals surface area contributed by atoms with E-state index < -0.39 is 18.1 Å². The maximum Gasteiger partial charge on any atom is 0.249 e. The number of Topliss-reactive ketones (excluding diaryl/α,β-unsaturated/α-hetero) is 1. The van der Waals surface area contributed by atoms with Gasteiger partial charge in [0.25, 0.3) is 0 Å². The van der Waals surface area contributed by atoms with Gasteiger partial charge in [-0.25, -0.2) is 0 Å². The molecule has 2 atom stereocenters. The number of primary amides is 1. The minimum absolute atomic E-state index is 0.000602. The van der Waals surface area contributed by atoms with E-state index >= 15 is 0 Å². The van der Waals surface area contributed by atoms with Crippen molar-refractivity contribution in [3.8, 4) is 0 Å².